The molecule has 2 saturated heterocycles. The molecule has 0 aromatic carbocycles. The molecule has 0 aromatic rings. The molecular weight excluding hydrogens is 310 g/mol. The van der Waals surface area contributed by atoms with E-state index in [2.05, 4.69) is 33.5 Å². The molecule has 19 heavy (non-hydrogen) atoms. The largest absolute Gasteiger partial charge is 0.338 e. The lowest BCUT2D eigenvalue weighted by atomic mass is 9.81. The fourth-order valence-corrected chi connectivity index (χ4v) is 4.30. The summed E-state index contributed by atoms with van der Waals surface area (Å²) >= 11 is 3.55. The second kappa shape index (κ2) is 4.96. The molecule has 0 aromatic heterocycles. The van der Waals surface area contributed by atoms with Crippen LogP contribution in [0.1, 0.15) is 32.6 Å². The SMILES string of the molecule is CC1C(Br)C(=O)N(C2CCCC2)C2NC(=O)NCC12. The van der Waals surface area contributed by atoms with Crippen LogP contribution in [0.25, 0.3) is 0 Å². The molecular formula is C13H20BrN3O2. The Morgan fingerprint density at radius 1 is 1.26 bits per heavy atom. The molecule has 5 nitrogen and oxygen atoms in total. The van der Waals surface area contributed by atoms with Gasteiger partial charge in [0.25, 0.3) is 0 Å². The van der Waals surface area contributed by atoms with Crippen LogP contribution in [0.15, 0.2) is 0 Å². The molecule has 0 bridgehead atoms. The Labute approximate surface area is 121 Å². The fourth-order valence-electron chi connectivity index (χ4n) is 3.67. The Morgan fingerprint density at radius 2 is 1.95 bits per heavy atom. The summed E-state index contributed by atoms with van der Waals surface area (Å²) in [5.41, 5.74) is 0. The highest BCUT2D eigenvalue weighted by molar-refractivity contribution is 9.10. The van der Waals surface area contributed by atoms with Gasteiger partial charge >= 0.3 is 6.03 Å². The lowest BCUT2D eigenvalue weighted by Crippen LogP contribution is -2.70. The van der Waals surface area contributed by atoms with Gasteiger partial charge in [-0.05, 0) is 18.8 Å². The van der Waals surface area contributed by atoms with Crippen LogP contribution in [0.4, 0.5) is 4.79 Å². The number of halogens is 1. The maximum Gasteiger partial charge on any atom is 0.316 e. The van der Waals surface area contributed by atoms with Gasteiger partial charge in [-0.25, -0.2) is 4.79 Å². The maximum absolute atomic E-state index is 12.6. The molecule has 2 N–H and O–H groups in total. The van der Waals surface area contributed by atoms with Gasteiger partial charge in [0, 0.05) is 18.5 Å². The highest BCUT2D eigenvalue weighted by atomic mass is 79.9. The zero-order valence-electron chi connectivity index (χ0n) is 11.1. The maximum atomic E-state index is 12.6. The van der Waals surface area contributed by atoms with E-state index in [-0.39, 0.29) is 34.8 Å². The Balaban J connectivity index is 1.89. The number of piperidine rings is 1. The topological polar surface area (TPSA) is 61.4 Å². The minimum absolute atomic E-state index is 0.131. The van der Waals surface area contributed by atoms with Crippen LogP contribution < -0.4 is 10.6 Å². The van der Waals surface area contributed by atoms with Crippen LogP contribution in [-0.4, -0.2) is 40.4 Å². The monoisotopic (exact) mass is 329 g/mol. The van der Waals surface area contributed by atoms with Crippen molar-refractivity contribution in [2.45, 2.75) is 49.6 Å². The first-order valence-electron chi connectivity index (χ1n) is 7.10. The average Bonchev–Trinajstić information content (AvgIpc) is 2.90. The third-order valence-corrected chi connectivity index (χ3v) is 6.05. The van der Waals surface area contributed by atoms with Crippen molar-refractivity contribution in [2.24, 2.45) is 11.8 Å². The number of rotatable bonds is 1. The molecule has 3 fully saturated rings. The van der Waals surface area contributed by atoms with E-state index in [0.717, 1.165) is 12.8 Å². The number of amides is 3. The van der Waals surface area contributed by atoms with E-state index in [4.69, 9.17) is 0 Å². The number of urea groups is 1. The predicted octanol–water partition coefficient (Wildman–Crippen LogP) is 1.43. The second-order valence-electron chi connectivity index (χ2n) is 5.91. The van der Waals surface area contributed by atoms with Gasteiger partial charge in [-0.1, -0.05) is 35.7 Å². The summed E-state index contributed by atoms with van der Waals surface area (Å²) in [5, 5.41) is 5.81. The fraction of sp³-hybridized carbons (Fsp3) is 0.846. The van der Waals surface area contributed by atoms with E-state index in [1.165, 1.54) is 12.8 Å². The molecule has 0 radical (unpaired) electrons. The van der Waals surface area contributed by atoms with Gasteiger partial charge in [0.2, 0.25) is 5.91 Å². The third-order valence-electron chi connectivity index (χ3n) is 4.83. The number of carbonyl (C=O) groups excluding carboxylic acids is 2. The van der Waals surface area contributed by atoms with Crippen LogP contribution >= 0.6 is 15.9 Å². The molecule has 0 spiro atoms. The Hall–Kier alpha value is -0.780. The molecule has 1 aliphatic carbocycles. The molecule has 2 aliphatic heterocycles. The van der Waals surface area contributed by atoms with Gasteiger partial charge in [-0.3, -0.25) is 4.79 Å². The Morgan fingerprint density at radius 3 is 2.63 bits per heavy atom. The second-order valence-corrected chi connectivity index (χ2v) is 6.89. The number of likely N-dealkylation sites (tertiary alicyclic amines) is 1. The molecule has 1 saturated carbocycles. The number of nitrogens with zero attached hydrogens (tertiary/aromatic N) is 1. The highest BCUT2D eigenvalue weighted by Gasteiger charge is 2.50. The first kappa shape index (κ1) is 13.2. The molecule has 3 rings (SSSR count). The van der Waals surface area contributed by atoms with Gasteiger partial charge in [-0.2, -0.15) is 0 Å². The van der Waals surface area contributed by atoms with E-state index in [1.807, 2.05) is 4.90 Å². The van der Waals surface area contributed by atoms with Crippen LogP contribution in [-0.2, 0) is 4.79 Å². The summed E-state index contributed by atoms with van der Waals surface area (Å²) in [6.45, 7) is 2.73. The van der Waals surface area contributed by atoms with E-state index < -0.39 is 0 Å². The van der Waals surface area contributed by atoms with Gasteiger partial charge in [0.05, 0.1) is 4.83 Å². The quantitative estimate of drug-likeness (QED) is 0.715. The Kier molecular flexibility index (Phi) is 3.45. The van der Waals surface area contributed by atoms with Crippen LogP contribution in [0, 0.1) is 11.8 Å². The summed E-state index contributed by atoms with van der Waals surface area (Å²) in [4.78, 5) is 26.0. The molecule has 4 atom stereocenters. The first-order valence-corrected chi connectivity index (χ1v) is 8.02. The average molecular weight is 330 g/mol. The minimum Gasteiger partial charge on any atom is -0.338 e. The van der Waals surface area contributed by atoms with Crippen molar-refractivity contribution in [3.63, 3.8) is 0 Å². The zero-order chi connectivity index (χ0) is 13.6. The number of fused-ring (bicyclic) bond motifs is 1. The van der Waals surface area contributed by atoms with E-state index in [1.54, 1.807) is 0 Å². The van der Waals surface area contributed by atoms with Crippen LogP contribution in [0.2, 0.25) is 0 Å². The van der Waals surface area contributed by atoms with Crippen molar-refractivity contribution >= 4 is 27.9 Å². The highest BCUT2D eigenvalue weighted by Crippen LogP contribution is 2.38. The lowest BCUT2D eigenvalue weighted by Gasteiger charge is -2.50. The molecule has 106 valence electrons. The lowest BCUT2D eigenvalue weighted by molar-refractivity contribution is -0.145. The molecule has 2 heterocycles. The van der Waals surface area contributed by atoms with Gasteiger partial charge < -0.3 is 15.5 Å². The van der Waals surface area contributed by atoms with Gasteiger partial charge in [0.1, 0.15) is 6.17 Å². The van der Waals surface area contributed by atoms with Crippen molar-refractivity contribution < 1.29 is 9.59 Å². The number of carbonyl (C=O) groups is 2. The van der Waals surface area contributed by atoms with Crippen molar-refractivity contribution in [2.75, 3.05) is 6.54 Å². The summed E-state index contributed by atoms with van der Waals surface area (Å²) in [6, 6.07) is 0.142. The van der Waals surface area contributed by atoms with Crippen LogP contribution in [0.5, 0.6) is 0 Å². The summed E-state index contributed by atoms with van der Waals surface area (Å²) in [7, 11) is 0. The normalized spacial score (nSPS) is 39.8. The van der Waals surface area contributed by atoms with E-state index in [0.29, 0.717) is 12.6 Å². The zero-order valence-corrected chi connectivity index (χ0v) is 12.6. The predicted molar refractivity (Wildman–Crippen MR) is 74.8 cm³/mol. The number of nitrogens with one attached hydrogen (secondary N) is 2. The van der Waals surface area contributed by atoms with Crippen molar-refractivity contribution in [1.82, 2.24) is 15.5 Å². The van der Waals surface area contributed by atoms with Crippen LogP contribution in [0.3, 0.4) is 0 Å². The number of alkyl halides is 1. The smallest absolute Gasteiger partial charge is 0.316 e. The molecule has 3 aliphatic rings. The summed E-state index contributed by atoms with van der Waals surface area (Å²) < 4.78 is 0. The molecule has 4 unspecified atom stereocenters. The molecule has 6 heteroatoms. The summed E-state index contributed by atoms with van der Waals surface area (Å²) in [6.07, 6.45) is 4.35. The van der Waals surface area contributed by atoms with Gasteiger partial charge in [0.15, 0.2) is 0 Å². The Bertz CT molecular complexity index is 397. The first-order chi connectivity index (χ1) is 9.09. The van der Waals surface area contributed by atoms with Gasteiger partial charge in [-0.15, -0.1) is 0 Å². The van der Waals surface area contributed by atoms with E-state index in [9.17, 15) is 9.59 Å². The standard InChI is InChI=1S/C13H20BrN3O2/c1-7-9-6-15-13(19)16-11(9)17(12(18)10(7)14)8-4-2-3-5-8/h7-11H,2-6H2,1H3,(H2,15,16,19). The number of hydrogen-bond donors (Lipinski definition) is 2. The number of hydrogen-bond acceptors (Lipinski definition) is 2. The summed E-state index contributed by atoms with van der Waals surface area (Å²) in [5.74, 6) is 0.645. The van der Waals surface area contributed by atoms with Crippen molar-refractivity contribution in [3.05, 3.63) is 0 Å². The molecule has 3 amide bonds. The van der Waals surface area contributed by atoms with Crippen molar-refractivity contribution in [1.29, 1.82) is 0 Å². The minimum atomic E-state index is -0.155. The van der Waals surface area contributed by atoms with E-state index >= 15 is 0 Å². The third kappa shape index (κ3) is 2.14. The van der Waals surface area contributed by atoms with Crippen molar-refractivity contribution in [3.8, 4) is 0 Å².